The van der Waals surface area contributed by atoms with Crippen LogP contribution in [0.15, 0.2) is 42.5 Å². The Balaban J connectivity index is 2.21. The van der Waals surface area contributed by atoms with Gasteiger partial charge in [0.2, 0.25) is 0 Å². The van der Waals surface area contributed by atoms with E-state index in [-0.39, 0.29) is 12.0 Å². The van der Waals surface area contributed by atoms with Crippen molar-refractivity contribution < 1.29 is 24.9 Å². The molecule has 120 valence electrons. The molecule has 0 bridgehead atoms. The molecule has 1 amide bonds. The minimum atomic E-state index is -1.20. The quantitative estimate of drug-likeness (QED) is 0.673. The van der Waals surface area contributed by atoms with Crippen LogP contribution in [0.5, 0.6) is 11.5 Å². The summed E-state index contributed by atoms with van der Waals surface area (Å²) in [7, 11) is 0. The highest BCUT2D eigenvalue weighted by molar-refractivity contribution is 6.01. The molecular weight excluding hydrogens is 298 g/mol. The van der Waals surface area contributed by atoms with Crippen molar-refractivity contribution in [1.29, 1.82) is 0 Å². The number of carboxylic acids is 1. The van der Waals surface area contributed by atoms with Gasteiger partial charge in [-0.05, 0) is 30.2 Å². The van der Waals surface area contributed by atoms with Crippen LogP contribution in [-0.4, -0.2) is 33.2 Å². The van der Waals surface area contributed by atoms with Crippen molar-refractivity contribution in [3.63, 3.8) is 0 Å². The zero-order valence-electron chi connectivity index (χ0n) is 12.5. The number of aryl methyl sites for hydroxylation is 1. The summed E-state index contributed by atoms with van der Waals surface area (Å²) in [4.78, 5) is 23.6. The number of benzene rings is 2. The van der Waals surface area contributed by atoms with Gasteiger partial charge in [-0.3, -0.25) is 4.79 Å². The van der Waals surface area contributed by atoms with Gasteiger partial charge in [0.15, 0.2) is 0 Å². The van der Waals surface area contributed by atoms with Crippen LogP contribution >= 0.6 is 0 Å². The van der Waals surface area contributed by atoms with Gasteiger partial charge in [0.1, 0.15) is 23.1 Å². The molecule has 0 aromatic heterocycles. The van der Waals surface area contributed by atoms with E-state index in [1.807, 2.05) is 0 Å². The number of hydrogen-bond acceptors (Lipinski definition) is 4. The predicted octanol–water partition coefficient (Wildman–Crippen LogP) is 1.83. The summed E-state index contributed by atoms with van der Waals surface area (Å²) >= 11 is 0. The van der Waals surface area contributed by atoms with Gasteiger partial charge < -0.3 is 20.6 Å². The number of aliphatic carboxylic acids is 1. The highest BCUT2D eigenvalue weighted by Crippen LogP contribution is 2.28. The molecule has 23 heavy (non-hydrogen) atoms. The fourth-order valence-electron chi connectivity index (χ4n) is 2.26. The van der Waals surface area contributed by atoms with Crippen molar-refractivity contribution in [2.45, 2.75) is 19.4 Å². The van der Waals surface area contributed by atoms with Crippen molar-refractivity contribution in [3.05, 3.63) is 59.2 Å². The maximum Gasteiger partial charge on any atom is 0.326 e. The van der Waals surface area contributed by atoms with Crippen LogP contribution in [0.4, 0.5) is 0 Å². The van der Waals surface area contributed by atoms with Gasteiger partial charge in [0.05, 0.1) is 0 Å². The number of carboxylic acid groups (broad SMARTS) is 1. The molecule has 2 aromatic rings. The molecule has 2 rings (SSSR count). The second-order valence-electron chi connectivity index (χ2n) is 5.23. The number of hydrogen-bond donors (Lipinski definition) is 4. The zero-order chi connectivity index (χ0) is 17.0. The van der Waals surface area contributed by atoms with E-state index in [4.69, 9.17) is 0 Å². The first kappa shape index (κ1) is 16.4. The summed E-state index contributed by atoms with van der Waals surface area (Å²) in [5.74, 6) is -2.84. The molecule has 6 nitrogen and oxygen atoms in total. The average Bonchev–Trinajstić information content (AvgIpc) is 2.46. The lowest BCUT2D eigenvalue weighted by atomic mass is 10.0. The van der Waals surface area contributed by atoms with E-state index in [1.165, 1.54) is 12.1 Å². The molecule has 0 aliphatic heterocycles. The third-order valence-electron chi connectivity index (χ3n) is 3.35. The highest BCUT2D eigenvalue weighted by Gasteiger charge is 2.24. The van der Waals surface area contributed by atoms with Crippen LogP contribution in [0.3, 0.4) is 0 Å². The lowest BCUT2D eigenvalue weighted by molar-refractivity contribution is -0.139. The number of amides is 1. The molecule has 2 aromatic carbocycles. The van der Waals surface area contributed by atoms with Crippen LogP contribution in [0.2, 0.25) is 0 Å². The Hall–Kier alpha value is -3.02. The van der Waals surface area contributed by atoms with Gasteiger partial charge in [-0.1, -0.05) is 30.3 Å². The molecule has 0 aliphatic carbocycles. The van der Waals surface area contributed by atoms with Crippen LogP contribution < -0.4 is 5.32 Å². The van der Waals surface area contributed by atoms with Gasteiger partial charge in [-0.25, -0.2) is 4.79 Å². The second-order valence-corrected chi connectivity index (χ2v) is 5.23. The molecule has 0 heterocycles. The number of phenols is 2. The Bertz CT molecular complexity index is 704. The van der Waals surface area contributed by atoms with Gasteiger partial charge in [-0.15, -0.1) is 0 Å². The molecule has 0 aliphatic rings. The van der Waals surface area contributed by atoms with Crippen LogP contribution in [0.25, 0.3) is 0 Å². The zero-order valence-corrected chi connectivity index (χ0v) is 12.5. The normalized spacial score (nSPS) is 11.7. The summed E-state index contributed by atoms with van der Waals surface area (Å²) in [6.07, 6.45) is 0.0926. The van der Waals surface area contributed by atoms with Gasteiger partial charge >= 0.3 is 5.97 Å². The second kappa shape index (κ2) is 6.83. The molecule has 0 spiro atoms. The van der Waals surface area contributed by atoms with E-state index in [0.717, 1.165) is 5.56 Å². The predicted molar refractivity (Wildman–Crippen MR) is 83.5 cm³/mol. The molecule has 0 fully saturated rings. The smallest absolute Gasteiger partial charge is 0.326 e. The molecule has 0 saturated heterocycles. The molecule has 4 N–H and O–H groups in total. The Kier molecular flexibility index (Phi) is 4.85. The molecule has 6 heteroatoms. The van der Waals surface area contributed by atoms with E-state index in [0.29, 0.717) is 5.56 Å². The van der Waals surface area contributed by atoms with Crippen molar-refractivity contribution in [3.8, 4) is 11.5 Å². The van der Waals surface area contributed by atoms with Crippen molar-refractivity contribution in [1.82, 2.24) is 5.32 Å². The monoisotopic (exact) mass is 315 g/mol. The van der Waals surface area contributed by atoms with Gasteiger partial charge in [0, 0.05) is 6.42 Å². The van der Waals surface area contributed by atoms with Crippen LogP contribution in [0.1, 0.15) is 21.5 Å². The van der Waals surface area contributed by atoms with Crippen LogP contribution in [-0.2, 0) is 11.2 Å². The number of carbonyl (C=O) groups excluding carboxylic acids is 1. The number of nitrogens with one attached hydrogen (secondary N) is 1. The van der Waals surface area contributed by atoms with E-state index in [1.54, 1.807) is 37.3 Å². The first-order valence-electron chi connectivity index (χ1n) is 6.98. The van der Waals surface area contributed by atoms with Crippen molar-refractivity contribution in [2.24, 2.45) is 0 Å². The lowest BCUT2D eigenvalue weighted by Gasteiger charge is -2.16. The summed E-state index contributed by atoms with van der Waals surface area (Å²) in [5, 5.41) is 31.2. The van der Waals surface area contributed by atoms with E-state index >= 15 is 0 Å². The first-order chi connectivity index (χ1) is 10.9. The minimum Gasteiger partial charge on any atom is -0.507 e. The van der Waals surface area contributed by atoms with Crippen molar-refractivity contribution in [2.75, 3.05) is 0 Å². The fraction of sp³-hybridized carbons (Fsp3) is 0.176. The molecule has 0 unspecified atom stereocenters. The molecular formula is C17H17NO5. The maximum atomic E-state index is 12.2. The number of aromatic hydroxyl groups is 2. The fourth-order valence-corrected chi connectivity index (χ4v) is 2.26. The SMILES string of the molecule is Cc1cc(O)c(C(=O)N[C@@H](Cc2ccccc2)C(=O)O)c(O)c1. The molecule has 0 radical (unpaired) electrons. The number of rotatable bonds is 5. The maximum absolute atomic E-state index is 12.2. The summed E-state index contributed by atoms with van der Waals surface area (Å²) in [6, 6.07) is 10.3. The topological polar surface area (TPSA) is 107 Å². The Morgan fingerprint density at radius 2 is 1.65 bits per heavy atom. The van der Waals surface area contributed by atoms with Crippen molar-refractivity contribution >= 4 is 11.9 Å². The van der Waals surface area contributed by atoms with E-state index < -0.39 is 29.4 Å². The van der Waals surface area contributed by atoms with Gasteiger partial charge in [-0.2, -0.15) is 0 Å². The first-order valence-corrected chi connectivity index (χ1v) is 6.98. The Labute approximate surface area is 133 Å². The molecule has 1 atom stereocenters. The number of carbonyl (C=O) groups is 2. The molecule has 0 saturated carbocycles. The summed E-state index contributed by atoms with van der Waals surface area (Å²) in [6.45, 7) is 1.65. The van der Waals surface area contributed by atoms with E-state index in [2.05, 4.69) is 5.32 Å². The lowest BCUT2D eigenvalue weighted by Crippen LogP contribution is -2.42. The Morgan fingerprint density at radius 3 is 2.17 bits per heavy atom. The highest BCUT2D eigenvalue weighted by atomic mass is 16.4. The summed E-state index contributed by atoms with van der Waals surface area (Å²) < 4.78 is 0. The minimum absolute atomic E-state index is 0.0926. The third kappa shape index (κ3) is 4.00. The Morgan fingerprint density at radius 1 is 1.09 bits per heavy atom. The van der Waals surface area contributed by atoms with Crippen LogP contribution in [0, 0.1) is 6.92 Å². The van der Waals surface area contributed by atoms with Gasteiger partial charge in [0.25, 0.3) is 5.91 Å². The average molecular weight is 315 g/mol. The standard InChI is InChI=1S/C17H17NO5/c1-10-7-13(19)15(14(20)8-10)16(21)18-12(17(22)23)9-11-5-3-2-4-6-11/h2-8,12,19-20H,9H2,1H3,(H,18,21)(H,22,23)/t12-/m0/s1. The summed E-state index contributed by atoms with van der Waals surface area (Å²) in [5.41, 5.74) is 0.989. The third-order valence-corrected chi connectivity index (χ3v) is 3.35. The van der Waals surface area contributed by atoms with E-state index in [9.17, 15) is 24.9 Å². The number of phenolic OH excluding ortho intramolecular Hbond substituents is 2. The largest absolute Gasteiger partial charge is 0.507 e.